The molecular weight excluding hydrogens is 300 g/mol. The second-order valence-corrected chi connectivity index (χ2v) is 5.81. The van der Waals surface area contributed by atoms with Crippen molar-refractivity contribution < 1.29 is 9.47 Å². The summed E-state index contributed by atoms with van der Waals surface area (Å²) in [6, 6.07) is 20.6. The van der Waals surface area contributed by atoms with Crippen LogP contribution in [-0.4, -0.2) is 24.8 Å². The average molecular weight is 320 g/mol. The monoisotopic (exact) mass is 320 g/mol. The highest BCUT2D eigenvalue weighted by Crippen LogP contribution is 2.32. The number of hydrogen-bond acceptors (Lipinski definition) is 3. The van der Waals surface area contributed by atoms with Crippen LogP contribution in [0, 0.1) is 0 Å². The third-order valence-electron chi connectivity index (χ3n) is 4.33. The van der Waals surface area contributed by atoms with Crippen LogP contribution in [0.25, 0.3) is 5.69 Å². The first kappa shape index (κ1) is 14.8. The Bertz CT molecular complexity index is 813. The summed E-state index contributed by atoms with van der Waals surface area (Å²) in [4.78, 5) is 2.30. The van der Waals surface area contributed by atoms with E-state index in [0.717, 1.165) is 30.2 Å². The molecule has 1 aliphatic rings. The van der Waals surface area contributed by atoms with E-state index in [1.54, 1.807) is 7.11 Å². The van der Waals surface area contributed by atoms with Gasteiger partial charge < -0.3 is 18.9 Å². The highest BCUT2D eigenvalue weighted by molar-refractivity contribution is 5.49. The maximum absolute atomic E-state index is 5.99. The van der Waals surface area contributed by atoms with E-state index in [0.29, 0.717) is 0 Å². The zero-order valence-corrected chi connectivity index (χ0v) is 13.6. The number of methoxy groups -OCH3 is 1. The predicted octanol–water partition coefficient (Wildman–Crippen LogP) is 4.02. The number of para-hydroxylation sites is 1. The first-order valence-corrected chi connectivity index (χ1v) is 8.11. The van der Waals surface area contributed by atoms with Crippen LogP contribution in [0.15, 0.2) is 73.1 Å². The molecule has 24 heavy (non-hydrogen) atoms. The minimum Gasteiger partial charge on any atom is -0.497 e. The second-order valence-electron chi connectivity index (χ2n) is 5.81. The Hall–Kier alpha value is -2.72. The molecule has 2 heterocycles. The first-order chi connectivity index (χ1) is 11.8. The largest absolute Gasteiger partial charge is 0.497 e. The van der Waals surface area contributed by atoms with Crippen LogP contribution in [0.3, 0.4) is 0 Å². The molecule has 122 valence electrons. The summed E-state index contributed by atoms with van der Waals surface area (Å²) in [5, 5.41) is 0. The van der Waals surface area contributed by atoms with Crippen molar-refractivity contribution in [3.63, 3.8) is 0 Å². The molecule has 0 spiro atoms. The molecule has 3 aromatic rings. The van der Waals surface area contributed by atoms with Crippen LogP contribution >= 0.6 is 0 Å². The van der Waals surface area contributed by atoms with Gasteiger partial charge in [-0.2, -0.15) is 0 Å². The standard InChI is InChI=1S/C20H20N2O2/c1-23-19-9-5-8-18(14-19)21-11-10-16(15-21)20-22(12-13-24-20)17-6-3-2-4-7-17/h2-11,14-15,20H,12-13H2,1H3/t20-/m0/s1. The van der Waals surface area contributed by atoms with E-state index in [-0.39, 0.29) is 6.23 Å². The van der Waals surface area contributed by atoms with Gasteiger partial charge in [-0.25, -0.2) is 0 Å². The van der Waals surface area contributed by atoms with E-state index in [9.17, 15) is 0 Å². The third-order valence-corrected chi connectivity index (χ3v) is 4.33. The zero-order valence-electron chi connectivity index (χ0n) is 13.6. The van der Waals surface area contributed by atoms with Crippen LogP contribution in [0.4, 0.5) is 5.69 Å². The van der Waals surface area contributed by atoms with Crippen molar-refractivity contribution in [1.82, 2.24) is 4.57 Å². The first-order valence-electron chi connectivity index (χ1n) is 8.11. The Morgan fingerprint density at radius 3 is 2.67 bits per heavy atom. The number of hydrogen-bond donors (Lipinski definition) is 0. The molecule has 0 aliphatic carbocycles. The highest BCUT2D eigenvalue weighted by atomic mass is 16.5. The molecule has 4 heteroatoms. The quantitative estimate of drug-likeness (QED) is 0.726. The number of aromatic nitrogens is 1. The molecule has 1 atom stereocenters. The van der Waals surface area contributed by atoms with E-state index in [1.165, 1.54) is 5.69 Å². The molecule has 1 aliphatic heterocycles. The van der Waals surface area contributed by atoms with Gasteiger partial charge in [0, 0.05) is 41.9 Å². The number of nitrogens with zero attached hydrogens (tertiary/aromatic N) is 2. The molecule has 4 rings (SSSR count). The highest BCUT2D eigenvalue weighted by Gasteiger charge is 2.27. The minimum atomic E-state index is -0.0424. The molecule has 0 unspecified atom stereocenters. The molecule has 0 N–H and O–H groups in total. The summed E-state index contributed by atoms with van der Waals surface area (Å²) < 4.78 is 13.4. The Balaban J connectivity index is 1.62. The van der Waals surface area contributed by atoms with Gasteiger partial charge in [-0.3, -0.25) is 0 Å². The fraction of sp³-hybridized carbons (Fsp3) is 0.200. The lowest BCUT2D eigenvalue weighted by Crippen LogP contribution is -2.22. The Morgan fingerprint density at radius 2 is 1.83 bits per heavy atom. The van der Waals surface area contributed by atoms with Crippen LogP contribution in [0.2, 0.25) is 0 Å². The van der Waals surface area contributed by atoms with Gasteiger partial charge in [0.2, 0.25) is 0 Å². The van der Waals surface area contributed by atoms with E-state index < -0.39 is 0 Å². The van der Waals surface area contributed by atoms with Crippen LogP contribution in [-0.2, 0) is 4.74 Å². The molecule has 4 nitrogen and oxygen atoms in total. The Morgan fingerprint density at radius 1 is 1.00 bits per heavy atom. The summed E-state index contributed by atoms with van der Waals surface area (Å²) in [7, 11) is 1.68. The van der Waals surface area contributed by atoms with Crippen LogP contribution in [0.1, 0.15) is 11.8 Å². The summed E-state index contributed by atoms with van der Waals surface area (Å²) >= 11 is 0. The van der Waals surface area contributed by atoms with Gasteiger partial charge in [-0.1, -0.05) is 24.3 Å². The topological polar surface area (TPSA) is 26.6 Å². The fourth-order valence-corrected chi connectivity index (χ4v) is 3.12. The van der Waals surface area contributed by atoms with Crippen molar-refractivity contribution >= 4 is 5.69 Å². The van der Waals surface area contributed by atoms with Crippen molar-refractivity contribution in [2.45, 2.75) is 6.23 Å². The molecule has 2 aromatic carbocycles. The maximum atomic E-state index is 5.99. The summed E-state index contributed by atoms with van der Waals surface area (Å²) in [5.74, 6) is 0.853. The number of rotatable bonds is 4. The van der Waals surface area contributed by atoms with Crippen molar-refractivity contribution in [1.29, 1.82) is 0 Å². The Labute approximate surface area is 141 Å². The number of anilines is 1. The van der Waals surface area contributed by atoms with Gasteiger partial charge in [0.25, 0.3) is 0 Å². The van der Waals surface area contributed by atoms with E-state index >= 15 is 0 Å². The third kappa shape index (κ3) is 2.76. The second kappa shape index (κ2) is 6.42. The predicted molar refractivity (Wildman–Crippen MR) is 94.8 cm³/mol. The van der Waals surface area contributed by atoms with Gasteiger partial charge in [-0.15, -0.1) is 0 Å². The minimum absolute atomic E-state index is 0.0424. The molecule has 0 amide bonds. The molecule has 1 aromatic heterocycles. The normalized spacial score (nSPS) is 17.2. The van der Waals surface area contributed by atoms with Gasteiger partial charge in [0.05, 0.1) is 13.7 Å². The summed E-state index contributed by atoms with van der Waals surface area (Å²) in [5.41, 5.74) is 3.41. The number of benzene rings is 2. The molecule has 0 saturated carbocycles. The van der Waals surface area contributed by atoms with Crippen molar-refractivity contribution in [2.24, 2.45) is 0 Å². The van der Waals surface area contributed by atoms with E-state index in [4.69, 9.17) is 9.47 Å². The molecule has 0 radical (unpaired) electrons. The van der Waals surface area contributed by atoms with Crippen molar-refractivity contribution in [3.05, 3.63) is 78.6 Å². The lowest BCUT2D eigenvalue weighted by Gasteiger charge is -2.24. The average Bonchev–Trinajstić information content (AvgIpc) is 3.31. The smallest absolute Gasteiger partial charge is 0.158 e. The molecular formula is C20H20N2O2. The molecule has 0 bridgehead atoms. The van der Waals surface area contributed by atoms with Gasteiger partial charge in [-0.05, 0) is 30.3 Å². The maximum Gasteiger partial charge on any atom is 0.158 e. The molecule has 1 fully saturated rings. The summed E-state index contributed by atoms with van der Waals surface area (Å²) in [6.45, 7) is 1.64. The van der Waals surface area contributed by atoms with Gasteiger partial charge >= 0.3 is 0 Å². The van der Waals surface area contributed by atoms with E-state index in [1.807, 2.05) is 24.3 Å². The lowest BCUT2D eigenvalue weighted by molar-refractivity contribution is 0.114. The van der Waals surface area contributed by atoms with Crippen LogP contribution < -0.4 is 9.64 Å². The van der Waals surface area contributed by atoms with E-state index in [2.05, 4.69) is 58.3 Å². The lowest BCUT2D eigenvalue weighted by atomic mass is 10.2. The summed E-state index contributed by atoms with van der Waals surface area (Å²) in [6.07, 6.45) is 4.15. The van der Waals surface area contributed by atoms with Crippen molar-refractivity contribution in [3.8, 4) is 11.4 Å². The van der Waals surface area contributed by atoms with Gasteiger partial charge in [0.1, 0.15) is 5.75 Å². The number of ether oxygens (including phenoxy) is 2. The van der Waals surface area contributed by atoms with Crippen LogP contribution in [0.5, 0.6) is 5.75 Å². The van der Waals surface area contributed by atoms with Crippen molar-refractivity contribution in [2.75, 3.05) is 25.2 Å². The molecule has 1 saturated heterocycles. The zero-order chi connectivity index (χ0) is 16.4. The SMILES string of the molecule is COc1cccc(-n2ccc([C@@H]3OCCN3c3ccccc3)c2)c1. The van der Waals surface area contributed by atoms with Gasteiger partial charge in [0.15, 0.2) is 6.23 Å². The fourth-order valence-electron chi connectivity index (χ4n) is 3.12. The Kier molecular flexibility index (Phi) is 3.97.